The van der Waals surface area contributed by atoms with E-state index in [1.54, 1.807) is 0 Å². The molecule has 2 atom stereocenters. The molecule has 6 nitrogen and oxygen atoms in total. The molecule has 2 aromatic rings. The predicted octanol–water partition coefficient (Wildman–Crippen LogP) is 3.62. The van der Waals surface area contributed by atoms with Gasteiger partial charge in [0.25, 0.3) is 0 Å². The standard InChI is InChI=1S/C24H34N2O4/c1-24(2,3)30-23(28)25-21(22(27)16-26(4)5)15-18-11-13-20(14-12-18)29-17-19-9-7-6-8-10-19/h6-14,21-22,27H,15-17H2,1-5H3,(H,25,28). The van der Waals surface area contributed by atoms with Gasteiger partial charge in [-0.05, 0) is 64.5 Å². The maximum atomic E-state index is 12.2. The first-order valence-corrected chi connectivity index (χ1v) is 10.2. The second-order valence-electron chi connectivity index (χ2n) is 8.70. The number of hydrogen-bond donors (Lipinski definition) is 2. The van der Waals surface area contributed by atoms with Crippen LogP contribution in [0.25, 0.3) is 0 Å². The average molecular weight is 415 g/mol. The lowest BCUT2D eigenvalue weighted by Crippen LogP contribution is -2.49. The fourth-order valence-corrected chi connectivity index (χ4v) is 2.96. The van der Waals surface area contributed by atoms with Crippen LogP contribution in [0.2, 0.25) is 0 Å². The normalized spacial score (nSPS) is 13.6. The average Bonchev–Trinajstić information content (AvgIpc) is 2.65. The first-order chi connectivity index (χ1) is 14.1. The van der Waals surface area contributed by atoms with E-state index in [9.17, 15) is 9.90 Å². The molecule has 0 spiro atoms. The summed E-state index contributed by atoms with van der Waals surface area (Å²) in [5, 5.41) is 13.4. The fraction of sp³-hybridized carbons (Fsp3) is 0.458. The van der Waals surface area contributed by atoms with Crippen molar-refractivity contribution in [1.82, 2.24) is 10.2 Å². The van der Waals surface area contributed by atoms with Crippen molar-refractivity contribution in [3.63, 3.8) is 0 Å². The third-order valence-corrected chi connectivity index (χ3v) is 4.35. The van der Waals surface area contributed by atoms with E-state index < -0.39 is 23.8 Å². The number of hydrogen-bond acceptors (Lipinski definition) is 5. The second-order valence-corrected chi connectivity index (χ2v) is 8.70. The van der Waals surface area contributed by atoms with Crippen molar-refractivity contribution in [2.24, 2.45) is 0 Å². The Bertz CT molecular complexity index is 770. The van der Waals surface area contributed by atoms with Gasteiger partial charge in [-0.15, -0.1) is 0 Å². The van der Waals surface area contributed by atoms with E-state index in [2.05, 4.69) is 5.32 Å². The first kappa shape index (κ1) is 23.7. The summed E-state index contributed by atoms with van der Waals surface area (Å²) in [5.74, 6) is 0.771. The smallest absolute Gasteiger partial charge is 0.407 e. The molecule has 0 aliphatic rings. The van der Waals surface area contributed by atoms with Crippen molar-refractivity contribution >= 4 is 6.09 Å². The molecule has 2 unspecified atom stereocenters. The molecule has 0 aliphatic heterocycles. The van der Waals surface area contributed by atoms with E-state index in [0.717, 1.165) is 16.9 Å². The Kier molecular flexibility index (Phi) is 8.69. The Morgan fingerprint density at radius 2 is 1.67 bits per heavy atom. The zero-order valence-electron chi connectivity index (χ0n) is 18.6. The SMILES string of the molecule is CN(C)CC(O)C(Cc1ccc(OCc2ccccc2)cc1)NC(=O)OC(C)(C)C. The quantitative estimate of drug-likeness (QED) is 0.656. The highest BCUT2D eigenvalue weighted by Gasteiger charge is 2.25. The molecule has 0 aliphatic carbocycles. The Morgan fingerprint density at radius 3 is 2.23 bits per heavy atom. The molecule has 30 heavy (non-hydrogen) atoms. The van der Waals surface area contributed by atoms with Crippen LogP contribution >= 0.6 is 0 Å². The maximum absolute atomic E-state index is 12.2. The van der Waals surface area contributed by atoms with Crippen LogP contribution in [0.1, 0.15) is 31.9 Å². The third-order valence-electron chi connectivity index (χ3n) is 4.35. The van der Waals surface area contributed by atoms with Crippen molar-refractivity contribution in [3.8, 4) is 5.75 Å². The molecular formula is C24H34N2O4. The van der Waals surface area contributed by atoms with E-state index in [-0.39, 0.29) is 0 Å². The monoisotopic (exact) mass is 414 g/mol. The molecule has 0 bridgehead atoms. The summed E-state index contributed by atoms with van der Waals surface area (Å²) in [5.41, 5.74) is 1.50. The number of likely N-dealkylation sites (N-methyl/N-ethyl adjacent to an activating group) is 1. The third kappa shape index (κ3) is 8.84. The highest BCUT2D eigenvalue weighted by atomic mass is 16.6. The van der Waals surface area contributed by atoms with Crippen molar-refractivity contribution < 1.29 is 19.4 Å². The topological polar surface area (TPSA) is 71.0 Å². The Labute approximate surface area is 179 Å². The largest absolute Gasteiger partial charge is 0.489 e. The number of carbonyl (C=O) groups excluding carboxylic acids is 1. The predicted molar refractivity (Wildman–Crippen MR) is 119 cm³/mol. The van der Waals surface area contributed by atoms with Crippen LogP contribution in [0.4, 0.5) is 4.79 Å². The molecule has 164 valence electrons. The van der Waals surface area contributed by atoms with Gasteiger partial charge < -0.3 is 24.8 Å². The number of ether oxygens (including phenoxy) is 2. The van der Waals surface area contributed by atoms with Crippen molar-refractivity contribution in [1.29, 1.82) is 0 Å². The summed E-state index contributed by atoms with van der Waals surface area (Å²) in [7, 11) is 3.76. The summed E-state index contributed by atoms with van der Waals surface area (Å²) < 4.78 is 11.2. The molecular weight excluding hydrogens is 380 g/mol. The molecule has 6 heteroatoms. The van der Waals surface area contributed by atoms with Crippen LogP contribution < -0.4 is 10.1 Å². The maximum Gasteiger partial charge on any atom is 0.407 e. The number of aliphatic hydroxyl groups excluding tert-OH is 1. The number of rotatable bonds is 9. The number of alkyl carbamates (subject to hydrolysis) is 1. The minimum absolute atomic E-state index is 0.429. The summed E-state index contributed by atoms with van der Waals surface area (Å²) in [6, 6.07) is 17.2. The molecule has 2 aromatic carbocycles. The molecule has 0 saturated heterocycles. The molecule has 0 fully saturated rings. The molecule has 0 radical (unpaired) electrons. The Morgan fingerprint density at radius 1 is 1.03 bits per heavy atom. The minimum atomic E-state index is -0.735. The van der Waals surface area contributed by atoms with E-state index in [1.807, 2.05) is 94.4 Å². The number of nitrogens with one attached hydrogen (secondary N) is 1. The lowest BCUT2D eigenvalue weighted by molar-refractivity contribution is 0.0391. The van der Waals surface area contributed by atoms with Gasteiger partial charge in [0.2, 0.25) is 0 Å². The highest BCUT2D eigenvalue weighted by Crippen LogP contribution is 2.17. The fourth-order valence-electron chi connectivity index (χ4n) is 2.96. The second kappa shape index (κ2) is 11.0. The summed E-state index contributed by atoms with van der Waals surface area (Å²) in [6.45, 7) is 6.37. The van der Waals surface area contributed by atoms with Crippen molar-refractivity contribution in [2.45, 2.75) is 51.5 Å². The number of aliphatic hydroxyl groups is 1. The van der Waals surface area contributed by atoms with Crippen LogP contribution in [0.15, 0.2) is 54.6 Å². The number of nitrogens with zero attached hydrogens (tertiary/aromatic N) is 1. The Hall–Kier alpha value is -2.57. The van der Waals surface area contributed by atoms with Gasteiger partial charge in [-0.3, -0.25) is 0 Å². The molecule has 0 heterocycles. The molecule has 2 N–H and O–H groups in total. The van der Waals surface area contributed by atoms with Gasteiger partial charge in [0.1, 0.15) is 18.0 Å². The van der Waals surface area contributed by atoms with Gasteiger partial charge in [-0.25, -0.2) is 4.79 Å². The van der Waals surface area contributed by atoms with Gasteiger partial charge in [-0.2, -0.15) is 0 Å². The van der Waals surface area contributed by atoms with E-state index >= 15 is 0 Å². The van der Waals surface area contributed by atoms with E-state index in [4.69, 9.17) is 9.47 Å². The molecule has 0 saturated carbocycles. The lowest BCUT2D eigenvalue weighted by atomic mass is 10.0. The van der Waals surface area contributed by atoms with Crippen LogP contribution in [-0.4, -0.2) is 54.5 Å². The number of carbonyl (C=O) groups is 1. The van der Waals surface area contributed by atoms with Crippen LogP contribution in [-0.2, 0) is 17.8 Å². The molecule has 2 rings (SSSR count). The first-order valence-electron chi connectivity index (χ1n) is 10.2. The lowest BCUT2D eigenvalue weighted by Gasteiger charge is -2.28. The summed E-state index contributed by atoms with van der Waals surface area (Å²) >= 11 is 0. The number of benzene rings is 2. The van der Waals surface area contributed by atoms with Crippen LogP contribution in [0.3, 0.4) is 0 Å². The van der Waals surface area contributed by atoms with E-state index in [1.165, 1.54) is 0 Å². The molecule has 0 aromatic heterocycles. The number of amides is 1. The van der Waals surface area contributed by atoms with Gasteiger partial charge in [0.15, 0.2) is 0 Å². The van der Waals surface area contributed by atoms with Gasteiger partial charge in [0, 0.05) is 6.54 Å². The van der Waals surface area contributed by atoms with Gasteiger partial charge in [-0.1, -0.05) is 42.5 Å². The van der Waals surface area contributed by atoms with Crippen LogP contribution in [0, 0.1) is 0 Å². The highest BCUT2D eigenvalue weighted by molar-refractivity contribution is 5.68. The zero-order valence-corrected chi connectivity index (χ0v) is 18.6. The molecule has 1 amide bonds. The van der Waals surface area contributed by atoms with Crippen LogP contribution in [0.5, 0.6) is 5.75 Å². The van der Waals surface area contributed by atoms with E-state index in [0.29, 0.717) is 19.6 Å². The zero-order chi connectivity index (χ0) is 22.1. The van der Waals surface area contributed by atoms with Gasteiger partial charge >= 0.3 is 6.09 Å². The van der Waals surface area contributed by atoms with Crippen molar-refractivity contribution in [3.05, 3.63) is 65.7 Å². The Balaban J connectivity index is 2.00. The van der Waals surface area contributed by atoms with Gasteiger partial charge in [0.05, 0.1) is 12.1 Å². The summed E-state index contributed by atoms with van der Waals surface area (Å²) in [4.78, 5) is 14.1. The van der Waals surface area contributed by atoms with Crippen molar-refractivity contribution in [2.75, 3.05) is 20.6 Å². The minimum Gasteiger partial charge on any atom is -0.489 e. The summed E-state index contributed by atoms with van der Waals surface area (Å²) in [6.07, 6.45) is -0.789.